The molecule has 0 saturated carbocycles. The van der Waals surface area contributed by atoms with Gasteiger partial charge < -0.3 is 10.8 Å². The summed E-state index contributed by atoms with van der Waals surface area (Å²) in [5.41, 5.74) is 5.82. The Bertz CT molecular complexity index is 428. The number of aromatic hydroxyl groups is 1. The Morgan fingerprint density at radius 2 is 2.23 bits per heavy atom. The third kappa shape index (κ3) is 1.43. The quantitative estimate of drug-likeness (QED) is 0.704. The number of nitrogens with zero attached hydrogens (tertiary/aromatic N) is 3. The number of pyridine rings is 1. The van der Waals surface area contributed by atoms with Crippen LogP contribution in [0.4, 0.5) is 5.13 Å². The maximum absolute atomic E-state index is 9.41. The molecule has 2 aromatic heterocycles. The summed E-state index contributed by atoms with van der Waals surface area (Å²) in [4.78, 5) is 3.96. The summed E-state index contributed by atoms with van der Waals surface area (Å²) in [5.74, 6) is 0.0821. The van der Waals surface area contributed by atoms with Crippen LogP contribution in [-0.4, -0.2) is 20.3 Å². The summed E-state index contributed by atoms with van der Waals surface area (Å²) in [6.07, 6.45) is 1.58. The molecule has 2 heterocycles. The van der Waals surface area contributed by atoms with Crippen molar-refractivity contribution in [3.05, 3.63) is 18.3 Å². The molecular weight excluding hydrogens is 188 g/mol. The lowest BCUT2D eigenvalue weighted by Crippen LogP contribution is -1.82. The Morgan fingerprint density at radius 1 is 1.38 bits per heavy atom. The van der Waals surface area contributed by atoms with E-state index >= 15 is 0 Å². The van der Waals surface area contributed by atoms with E-state index in [1.165, 1.54) is 11.3 Å². The standard InChI is InChI=1S/C7H6N4OS/c8-7-11-10-6(13-7)5-4(12)2-1-3-9-5/h1-3,12H,(H2,8,11). The van der Waals surface area contributed by atoms with Crippen LogP contribution in [0.15, 0.2) is 18.3 Å². The summed E-state index contributed by atoms with van der Waals surface area (Å²) < 4.78 is 0. The van der Waals surface area contributed by atoms with E-state index in [0.29, 0.717) is 15.8 Å². The van der Waals surface area contributed by atoms with Gasteiger partial charge in [-0.3, -0.25) is 0 Å². The molecule has 0 aliphatic rings. The number of nitrogens with two attached hydrogens (primary N) is 1. The van der Waals surface area contributed by atoms with Gasteiger partial charge >= 0.3 is 0 Å². The zero-order valence-electron chi connectivity index (χ0n) is 6.51. The lowest BCUT2D eigenvalue weighted by atomic mass is 10.3. The normalized spacial score (nSPS) is 10.2. The van der Waals surface area contributed by atoms with E-state index in [1.54, 1.807) is 18.3 Å². The van der Waals surface area contributed by atoms with Crippen LogP contribution >= 0.6 is 11.3 Å². The highest BCUT2D eigenvalue weighted by molar-refractivity contribution is 7.18. The predicted molar refractivity (Wildman–Crippen MR) is 49.2 cm³/mol. The van der Waals surface area contributed by atoms with Crippen LogP contribution in [0.2, 0.25) is 0 Å². The molecule has 0 spiro atoms. The molecule has 2 aromatic rings. The summed E-state index contributed by atoms with van der Waals surface area (Å²) in [6, 6.07) is 3.18. The maximum Gasteiger partial charge on any atom is 0.203 e. The second-order valence-electron chi connectivity index (χ2n) is 2.32. The van der Waals surface area contributed by atoms with Crippen LogP contribution in [0.3, 0.4) is 0 Å². The van der Waals surface area contributed by atoms with Crippen molar-refractivity contribution in [1.29, 1.82) is 0 Å². The Kier molecular flexibility index (Phi) is 1.82. The number of hydrogen-bond acceptors (Lipinski definition) is 6. The lowest BCUT2D eigenvalue weighted by Gasteiger charge is -1.95. The molecule has 0 aromatic carbocycles. The molecule has 6 heteroatoms. The van der Waals surface area contributed by atoms with Gasteiger partial charge in [-0.15, -0.1) is 10.2 Å². The topological polar surface area (TPSA) is 84.9 Å². The molecule has 0 fully saturated rings. The third-order valence-electron chi connectivity index (χ3n) is 1.43. The molecule has 2 rings (SSSR count). The molecule has 3 N–H and O–H groups in total. The minimum atomic E-state index is 0.0821. The van der Waals surface area contributed by atoms with E-state index in [4.69, 9.17) is 5.73 Å². The fraction of sp³-hybridized carbons (Fsp3) is 0. The highest BCUT2D eigenvalue weighted by Gasteiger charge is 2.09. The van der Waals surface area contributed by atoms with Crippen molar-refractivity contribution in [3.63, 3.8) is 0 Å². The van der Waals surface area contributed by atoms with E-state index < -0.39 is 0 Å². The Balaban J connectivity index is 2.52. The summed E-state index contributed by atoms with van der Waals surface area (Å²) >= 11 is 1.19. The zero-order valence-corrected chi connectivity index (χ0v) is 7.32. The summed E-state index contributed by atoms with van der Waals surface area (Å²) in [6.45, 7) is 0. The Morgan fingerprint density at radius 3 is 2.85 bits per heavy atom. The van der Waals surface area contributed by atoms with Gasteiger partial charge in [0.15, 0.2) is 5.01 Å². The minimum Gasteiger partial charge on any atom is -0.506 e. The Hall–Kier alpha value is -1.69. The molecule has 0 saturated heterocycles. The van der Waals surface area contributed by atoms with E-state index in [2.05, 4.69) is 15.2 Å². The molecule has 0 bridgehead atoms. The molecule has 0 aliphatic carbocycles. The SMILES string of the molecule is Nc1nnc(-c2ncccc2O)s1. The first-order valence-electron chi connectivity index (χ1n) is 3.50. The van der Waals surface area contributed by atoms with Gasteiger partial charge in [0.1, 0.15) is 11.4 Å². The summed E-state index contributed by atoms with van der Waals surface area (Å²) in [7, 11) is 0. The second-order valence-corrected chi connectivity index (χ2v) is 3.33. The highest BCUT2D eigenvalue weighted by atomic mass is 32.1. The molecule has 13 heavy (non-hydrogen) atoms. The third-order valence-corrected chi connectivity index (χ3v) is 2.19. The highest BCUT2D eigenvalue weighted by Crippen LogP contribution is 2.29. The monoisotopic (exact) mass is 194 g/mol. The van der Waals surface area contributed by atoms with Crippen LogP contribution in [0.5, 0.6) is 5.75 Å². The van der Waals surface area contributed by atoms with Gasteiger partial charge in [0.05, 0.1) is 0 Å². The summed E-state index contributed by atoms with van der Waals surface area (Å²) in [5, 5.41) is 17.7. The van der Waals surface area contributed by atoms with Gasteiger partial charge in [0.25, 0.3) is 0 Å². The molecule has 0 aliphatic heterocycles. The maximum atomic E-state index is 9.41. The van der Waals surface area contributed by atoms with Gasteiger partial charge in [-0.1, -0.05) is 11.3 Å². The molecule has 0 radical (unpaired) electrons. The van der Waals surface area contributed by atoms with Gasteiger partial charge in [-0.05, 0) is 12.1 Å². The minimum absolute atomic E-state index is 0.0821. The van der Waals surface area contributed by atoms with Gasteiger partial charge in [0, 0.05) is 6.20 Å². The molecule has 0 unspecified atom stereocenters. The lowest BCUT2D eigenvalue weighted by molar-refractivity contribution is 0.475. The average Bonchev–Trinajstić information content (AvgIpc) is 2.53. The molecular formula is C7H6N4OS. The van der Waals surface area contributed by atoms with Crippen molar-refractivity contribution < 1.29 is 5.11 Å². The van der Waals surface area contributed by atoms with Gasteiger partial charge in [-0.2, -0.15) is 0 Å². The van der Waals surface area contributed by atoms with Crippen LogP contribution in [-0.2, 0) is 0 Å². The first-order chi connectivity index (χ1) is 6.27. The van der Waals surface area contributed by atoms with Crippen LogP contribution in [0.25, 0.3) is 10.7 Å². The fourth-order valence-corrected chi connectivity index (χ4v) is 1.51. The number of nitrogen functional groups attached to an aromatic ring is 1. The largest absolute Gasteiger partial charge is 0.506 e. The second kappa shape index (κ2) is 2.98. The van der Waals surface area contributed by atoms with Crippen molar-refractivity contribution in [2.75, 3.05) is 5.73 Å². The molecule has 5 nitrogen and oxygen atoms in total. The van der Waals surface area contributed by atoms with E-state index in [9.17, 15) is 5.11 Å². The van der Waals surface area contributed by atoms with Crippen molar-refractivity contribution in [1.82, 2.24) is 15.2 Å². The number of aromatic nitrogens is 3. The zero-order chi connectivity index (χ0) is 9.26. The van der Waals surface area contributed by atoms with Crippen LogP contribution in [0, 0.1) is 0 Å². The smallest absolute Gasteiger partial charge is 0.203 e. The van der Waals surface area contributed by atoms with Gasteiger partial charge in [-0.25, -0.2) is 4.98 Å². The van der Waals surface area contributed by atoms with E-state index in [1.807, 2.05) is 0 Å². The van der Waals surface area contributed by atoms with E-state index in [0.717, 1.165) is 0 Å². The number of hydrogen-bond donors (Lipinski definition) is 2. The van der Waals surface area contributed by atoms with Crippen molar-refractivity contribution >= 4 is 16.5 Å². The van der Waals surface area contributed by atoms with E-state index in [-0.39, 0.29) is 5.75 Å². The predicted octanol–water partition coefficient (Wildman–Crippen LogP) is 0.888. The number of anilines is 1. The van der Waals surface area contributed by atoms with Crippen LogP contribution < -0.4 is 5.73 Å². The first kappa shape index (κ1) is 7.93. The van der Waals surface area contributed by atoms with Gasteiger partial charge in [0.2, 0.25) is 5.13 Å². The molecule has 0 atom stereocenters. The average molecular weight is 194 g/mol. The van der Waals surface area contributed by atoms with Crippen molar-refractivity contribution in [2.45, 2.75) is 0 Å². The fourth-order valence-electron chi connectivity index (χ4n) is 0.892. The first-order valence-corrected chi connectivity index (χ1v) is 4.32. The van der Waals surface area contributed by atoms with Crippen molar-refractivity contribution in [2.24, 2.45) is 0 Å². The number of rotatable bonds is 1. The molecule has 0 amide bonds. The molecule has 66 valence electrons. The van der Waals surface area contributed by atoms with Crippen LogP contribution in [0.1, 0.15) is 0 Å². The van der Waals surface area contributed by atoms with Crippen molar-refractivity contribution in [3.8, 4) is 16.5 Å². The Labute approximate surface area is 77.9 Å².